The molecule has 0 bridgehead atoms. The van der Waals surface area contributed by atoms with Crippen LogP contribution in [0.25, 0.3) is 11.0 Å². The third-order valence-corrected chi connectivity index (χ3v) is 3.81. The van der Waals surface area contributed by atoms with E-state index in [1.807, 2.05) is 43.3 Å². The lowest BCUT2D eigenvalue weighted by atomic mass is 10.3. The van der Waals surface area contributed by atoms with Gasteiger partial charge in [0.25, 0.3) is 0 Å². The van der Waals surface area contributed by atoms with Gasteiger partial charge in [0.05, 0.1) is 22.4 Å². The third kappa shape index (κ3) is 2.37. The van der Waals surface area contributed by atoms with Crippen LogP contribution in [0.3, 0.4) is 0 Å². The number of fused-ring (bicyclic) bond motifs is 1. The van der Waals surface area contributed by atoms with Gasteiger partial charge >= 0.3 is 0 Å². The van der Waals surface area contributed by atoms with Gasteiger partial charge in [0.2, 0.25) is 0 Å². The molecular formula is C14H12N4S. The minimum atomic E-state index is 0.654. The summed E-state index contributed by atoms with van der Waals surface area (Å²) in [5, 5.41) is 1.60. The first-order chi connectivity index (χ1) is 9.24. The summed E-state index contributed by atoms with van der Waals surface area (Å²) in [6.45, 7) is 1.95. The van der Waals surface area contributed by atoms with Crippen molar-refractivity contribution in [1.29, 1.82) is 0 Å². The second-order valence-corrected chi connectivity index (χ2v) is 5.08. The Kier molecular flexibility index (Phi) is 3.05. The molecule has 0 aliphatic heterocycles. The van der Waals surface area contributed by atoms with Gasteiger partial charge in [-0.25, -0.2) is 15.0 Å². The number of hydrogen-bond acceptors (Lipinski definition) is 5. The number of aromatic nitrogens is 3. The van der Waals surface area contributed by atoms with E-state index in [-0.39, 0.29) is 0 Å². The van der Waals surface area contributed by atoms with Crippen molar-refractivity contribution in [3.63, 3.8) is 0 Å². The van der Waals surface area contributed by atoms with Crippen molar-refractivity contribution >= 4 is 28.5 Å². The van der Waals surface area contributed by atoms with E-state index in [4.69, 9.17) is 5.73 Å². The SMILES string of the molecule is Cc1nc2ccccc2nc1Sc1ncccc1N. The Morgan fingerprint density at radius 2 is 1.68 bits per heavy atom. The molecule has 3 aromatic rings. The van der Waals surface area contributed by atoms with E-state index in [9.17, 15) is 0 Å². The molecule has 2 heterocycles. The van der Waals surface area contributed by atoms with Crippen molar-refractivity contribution in [2.45, 2.75) is 17.0 Å². The smallest absolute Gasteiger partial charge is 0.125 e. The molecule has 19 heavy (non-hydrogen) atoms. The molecule has 0 unspecified atom stereocenters. The average molecular weight is 268 g/mol. The maximum absolute atomic E-state index is 5.90. The van der Waals surface area contributed by atoms with Crippen LogP contribution in [-0.2, 0) is 0 Å². The van der Waals surface area contributed by atoms with Crippen LogP contribution >= 0.6 is 11.8 Å². The molecule has 5 heteroatoms. The summed E-state index contributed by atoms with van der Waals surface area (Å²) in [5.74, 6) is 0. The largest absolute Gasteiger partial charge is 0.397 e. The van der Waals surface area contributed by atoms with Crippen LogP contribution in [0.15, 0.2) is 52.6 Å². The zero-order valence-electron chi connectivity index (χ0n) is 10.4. The van der Waals surface area contributed by atoms with Gasteiger partial charge in [-0.3, -0.25) is 0 Å². The molecule has 3 rings (SSSR count). The Hall–Kier alpha value is -2.14. The van der Waals surface area contributed by atoms with E-state index in [1.54, 1.807) is 6.20 Å². The topological polar surface area (TPSA) is 64.7 Å². The number of hydrogen-bond donors (Lipinski definition) is 1. The van der Waals surface area contributed by atoms with Crippen LogP contribution in [0, 0.1) is 6.92 Å². The van der Waals surface area contributed by atoms with Gasteiger partial charge in [-0.1, -0.05) is 12.1 Å². The maximum Gasteiger partial charge on any atom is 0.125 e. The molecule has 94 valence electrons. The number of nitrogens with zero attached hydrogens (tertiary/aromatic N) is 3. The second-order valence-electron chi connectivity index (χ2n) is 4.10. The average Bonchev–Trinajstić information content (AvgIpc) is 2.42. The van der Waals surface area contributed by atoms with Crippen LogP contribution in [0.1, 0.15) is 5.69 Å². The van der Waals surface area contributed by atoms with Crippen molar-refractivity contribution in [3.05, 3.63) is 48.3 Å². The normalized spacial score (nSPS) is 10.8. The molecule has 4 nitrogen and oxygen atoms in total. The molecule has 0 aliphatic carbocycles. The lowest BCUT2D eigenvalue weighted by molar-refractivity contribution is 1.03. The molecule has 1 aromatic carbocycles. The van der Waals surface area contributed by atoms with E-state index in [0.29, 0.717) is 5.69 Å². The summed E-state index contributed by atoms with van der Waals surface area (Å²) in [5.41, 5.74) is 9.22. The first kappa shape index (κ1) is 11.9. The number of anilines is 1. The van der Waals surface area contributed by atoms with E-state index in [1.165, 1.54) is 11.8 Å². The van der Waals surface area contributed by atoms with Gasteiger partial charge in [0.1, 0.15) is 10.1 Å². The molecule has 0 atom stereocenters. The molecule has 2 aromatic heterocycles. The first-order valence-corrected chi connectivity index (χ1v) is 6.67. The molecule has 0 saturated heterocycles. The maximum atomic E-state index is 5.90. The van der Waals surface area contributed by atoms with Crippen LogP contribution in [0.4, 0.5) is 5.69 Å². The number of benzene rings is 1. The zero-order valence-corrected chi connectivity index (χ0v) is 11.2. The zero-order chi connectivity index (χ0) is 13.2. The Bertz CT molecular complexity index is 742. The monoisotopic (exact) mass is 268 g/mol. The lowest BCUT2D eigenvalue weighted by Crippen LogP contribution is -1.95. The predicted octanol–water partition coefficient (Wildman–Crippen LogP) is 3.07. The summed E-state index contributed by atoms with van der Waals surface area (Å²) in [6.07, 6.45) is 1.72. The van der Waals surface area contributed by atoms with Crippen molar-refractivity contribution in [2.75, 3.05) is 5.73 Å². The molecule has 0 saturated carbocycles. The molecular weight excluding hydrogens is 256 g/mol. The Morgan fingerprint density at radius 3 is 2.42 bits per heavy atom. The molecule has 0 amide bonds. The number of nitrogens with two attached hydrogens (primary N) is 1. The summed E-state index contributed by atoms with van der Waals surface area (Å²) in [6, 6.07) is 11.5. The number of nitrogen functional groups attached to an aromatic ring is 1. The molecule has 0 fully saturated rings. The predicted molar refractivity (Wildman–Crippen MR) is 77.0 cm³/mol. The highest BCUT2D eigenvalue weighted by atomic mass is 32.2. The van der Waals surface area contributed by atoms with E-state index in [0.717, 1.165) is 26.8 Å². The molecule has 0 aliphatic rings. The number of para-hydroxylation sites is 2. The number of rotatable bonds is 2. The summed E-state index contributed by atoms with van der Waals surface area (Å²) >= 11 is 1.45. The summed E-state index contributed by atoms with van der Waals surface area (Å²) < 4.78 is 0. The van der Waals surface area contributed by atoms with Gasteiger partial charge < -0.3 is 5.73 Å². The van der Waals surface area contributed by atoms with Gasteiger partial charge in [-0.15, -0.1) is 0 Å². The molecule has 0 radical (unpaired) electrons. The molecule has 0 spiro atoms. The fourth-order valence-electron chi connectivity index (χ4n) is 1.75. The minimum absolute atomic E-state index is 0.654. The van der Waals surface area contributed by atoms with Crippen LogP contribution < -0.4 is 5.73 Å². The van der Waals surface area contributed by atoms with Crippen LogP contribution in [-0.4, -0.2) is 15.0 Å². The summed E-state index contributed by atoms with van der Waals surface area (Å²) in [7, 11) is 0. The Morgan fingerprint density at radius 1 is 0.947 bits per heavy atom. The van der Waals surface area contributed by atoms with Crippen molar-refractivity contribution in [2.24, 2.45) is 0 Å². The first-order valence-electron chi connectivity index (χ1n) is 5.86. The molecule has 2 N–H and O–H groups in total. The van der Waals surface area contributed by atoms with Crippen LogP contribution in [0.5, 0.6) is 0 Å². The Labute approximate surface area is 115 Å². The van der Waals surface area contributed by atoms with Crippen molar-refractivity contribution in [1.82, 2.24) is 15.0 Å². The van der Waals surface area contributed by atoms with Gasteiger partial charge in [0, 0.05) is 6.20 Å². The van der Waals surface area contributed by atoms with Crippen molar-refractivity contribution < 1.29 is 0 Å². The van der Waals surface area contributed by atoms with E-state index < -0.39 is 0 Å². The highest BCUT2D eigenvalue weighted by Gasteiger charge is 2.09. The number of pyridine rings is 1. The van der Waals surface area contributed by atoms with Gasteiger partial charge in [-0.05, 0) is 43.0 Å². The van der Waals surface area contributed by atoms with Crippen molar-refractivity contribution in [3.8, 4) is 0 Å². The van der Waals surface area contributed by atoms with Crippen LogP contribution in [0.2, 0.25) is 0 Å². The second kappa shape index (κ2) is 4.85. The van der Waals surface area contributed by atoms with Gasteiger partial charge in [-0.2, -0.15) is 0 Å². The number of aryl methyl sites for hydroxylation is 1. The third-order valence-electron chi connectivity index (χ3n) is 2.70. The Balaban J connectivity index is 2.06. The minimum Gasteiger partial charge on any atom is -0.397 e. The van der Waals surface area contributed by atoms with Gasteiger partial charge in [0.15, 0.2) is 0 Å². The quantitative estimate of drug-likeness (QED) is 0.773. The lowest BCUT2D eigenvalue weighted by Gasteiger charge is -2.07. The van der Waals surface area contributed by atoms with E-state index in [2.05, 4.69) is 15.0 Å². The fraction of sp³-hybridized carbons (Fsp3) is 0.0714. The fourth-order valence-corrected chi connectivity index (χ4v) is 2.57. The highest BCUT2D eigenvalue weighted by molar-refractivity contribution is 7.99. The highest BCUT2D eigenvalue weighted by Crippen LogP contribution is 2.30. The van der Waals surface area contributed by atoms with E-state index >= 15 is 0 Å². The summed E-state index contributed by atoms with van der Waals surface area (Å²) in [4.78, 5) is 13.4. The standard InChI is InChI=1S/C14H12N4S/c1-9-13(19-14-10(15)5-4-8-16-14)18-12-7-3-2-6-11(12)17-9/h2-8H,15H2,1H3.